The number of piperidine rings is 1. The Morgan fingerprint density at radius 3 is 2.89 bits per heavy atom. The summed E-state index contributed by atoms with van der Waals surface area (Å²) in [6.45, 7) is 2.19. The number of benzene rings is 1. The van der Waals surface area contributed by atoms with Gasteiger partial charge in [-0.3, -0.25) is 0 Å². The van der Waals surface area contributed by atoms with Crippen LogP contribution in [-0.4, -0.2) is 17.2 Å². The molecule has 1 saturated heterocycles. The number of aliphatic hydroxyl groups excluding tert-OH is 1. The predicted octanol–water partition coefficient (Wildman–Crippen LogP) is 3.95. The Bertz CT molecular complexity index is 411. The van der Waals surface area contributed by atoms with Gasteiger partial charge in [-0.05, 0) is 32.3 Å². The molecule has 1 aromatic carbocycles. The SMILES string of the molecule is CC1CCCC(CC(O)c2cccc(Cl)c2Cl)N1. The van der Waals surface area contributed by atoms with Crippen molar-refractivity contribution in [3.05, 3.63) is 33.8 Å². The van der Waals surface area contributed by atoms with E-state index >= 15 is 0 Å². The summed E-state index contributed by atoms with van der Waals surface area (Å²) in [5.41, 5.74) is 0.726. The van der Waals surface area contributed by atoms with Crippen molar-refractivity contribution < 1.29 is 5.11 Å². The third-order valence-corrected chi connectivity index (χ3v) is 4.39. The second-order valence-electron chi connectivity index (χ2n) is 5.09. The Balaban J connectivity index is 2.02. The van der Waals surface area contributed by atoms with Crippen LogP contribution in [0.3, 0.4) is 0 Å². The maximum absolute atomic E-state index is 10.3. The average Bonchev–Trinajstić information content (AvgIpc) is 2.32. The summed E-state index contributed by atoms with van der Waals surface area (Å²) in [5.74, 6) is 0. The molecule has 2 rings (SSSR count). The molecule has 2 N–H and O–H groups in total. The number of aliphatic hydroxyl groups is 1. The number of hydrogen-bond donors (Lipinski definition) is 2. The van der Waals surface area contributed by atoms with Gasteiger partial charge in [-0.15, -0.1) is 0 Å². The maximum Gasteiger partial charge on any atom is 0.0819 e. The van der Waals surface area contributed by atoms with E-state index in [4.69, 9.17) is 23.2 Å². The Hall–Kier alpha value is -0.280. The zero-order chi connectivity index (χ0) is 13.1. The van der Waals surface area contributed by atoms with Gasteiger partial charge in [0.05, 0.1) is 16.1 Å². The highest BCUT2D eigenvalue weighted by Gasteiger charge is 2.22. The van der Waals surface area contributed by atoms with E-state index in [-0.39, 0.29) is 0 Å². The van der Waals surface area contributed by atoms with Gasteiger partial charge in [-0.1, -0.05) is 41.8 Å². The highest BCUT2D eigenvalue weighted by atomic mass is 35.5. The van der Waals surface area contributed by atoms with Crippen LogP contribution >= 0.6 is 23.2 Å². The molecular formula is C14H19Cl2NO. The van der Waals surface area contributed by atoms with Gasteiger partial charge in [0.25, 0.3) is 0 Å². The monoisotopic (exact) mass is 287 g/mol. The molecule has 1 aromatic rings. The van der Waals surface area contributed by atoms with E-state index in [1.54, 1.807) is 6.07 Å². The molecule has 100 valence electrons. The largest absolute Gasteiger partial charge is 0.388 e. The van der Waals surface area contributed by atoms with Gasteiger partial charge in [-0.2, -0.15) is 0 Å². The van der Waals surface area contributed by atoms with Gasteiger partial charge in [0.2, 0.25) is 0 Å². The van der Waals surface area contributed by atoms with Crippen LogP contribution in [0.2, 0.25) is 10.0 Å². The summed E-state index contributed by atoms with van der Waals surface area (Å²) >= 11 is 12.1. The molecule has 3 atom stereocenters. The van der Waals surface area contributed by atoms with Gasteiger partial charge in [0.15, 0.2) is 0 Å². The number of rotatable bonds is 3. The van der Waals surface area contributed by atoms with Gasteiger partial charge in [-0.25, -0.2) is 0 Å². The molecule has 0 bridgehead atoms. The van der Waals surface area contributed by atoms with Crippen LogP contribution in [0.1, 0.15) is 44.3 Å². The molecule has 1 aliphatic rings. The van der Waals surface area contributed by atoms with Gasteiger partial charge < -0.3 is 10.4 Å². The van der Waals surface area contributed by atoms with E-state index in [1.165, 1.54) is 12.8 Å². The first-order valence-electron chi connectivity index (χ1n) is 6.46. The summed E-state index contributed by atoms with van der Waals surface area (Å²) in [5, 5.41) is 14.8. The number of hydrogen-bond acceptors (Lipinski definition) is 2. The van der Waals surface area contributed by atoms with E-state index in [0.29, 0.717) is 28.5 Å². The number of halogens is 2. The van der Waals surface area contributed by atoms with E-state index < -0.39 is 6.10 Å². The zero-order valence-corrected chi connectivity index (χ0v) is 12.0. The Labute approximate surface area is 118 Å². The standard InChI is InChI=1S/C14H19Cl2NO/c1-9-4-2-5-10(17-9)8-13(18)11-6-3-7-12(15)14(11)16/h3,6-7,9-10,13,17-18H,2,4-5,8H2,1H3. The lowest BCUT2D eigenvalue weighted by Crippen LogP contribution is -2.41. The molecule has 0 aromatic heterocycles. The van der Waals surface area contributed by atoms with Crippen molar-refractivity contribution in [3.8, 4) is 0 Å². The number of nitrogens with one attached hydrogen (secondary N) is 1. The summed E-state index contributed by atoms with van der Waals surface area (Å²) in [6.07, 6.45) is 3.67. The molecule has 3 unspecified atom stereocenters. The Kier molecular flexibility index (Phi) is 4.91. The van der Waals surface area contributed by atoms with Crippen LogP contribution in [0.5, 0.6) is 0 Å². The first-order valence-corrected chi connectivity index (χ1v) is 7.21. The highest BCUT2D eigenvalue weighted by Crippen LogP contribution is 2.32. The minimum absolute atomic E-state index is 0.360. The summed E-state index contributed by atoms with van der Waals surface area (Å²) in [4.78, 5) is 0. The van der Waals surface area contributed by atoms with Crippen LogP contribution in [-0.2, 0) is 0 Å². The van der Waals surface area contributed by atoms with Crippen LogP contribution in [0.25, 0.3) is 0 Å². The second-order valence-corrected chi connectivity index (χ2v) is 5.88. The van der Waals surface area contributed by atoms with Crippen molar-refractivity contribution >= 4 is 23.2 Å². The lowest BCUT2D eigenvalue weighted by Gasteiger charge is -2.30. The van der Waals surface area contributed by atoms with Crippen molar-refractivity contribution in [1.29, 1.82) is 0 Å². The fourth-order valence-corrected chi connectivity index (χ4v) is 3.03. The van der Waals surface area contributed by atoms with Crippen molar-refractivity contribution in [2.45, 2.75) is 50.8 Å². The Morgan fingerprint density at radius 1 is 1.39 bits per heavy atom. The molecule has 0 aliphatic carbocycles. The van der Waals surface area contributed by atoms with Gasteiger partial charge >= 0.3 is 0 Å². The van der Waals surface area contributed by atoms with Gasteiger partial charge in [0, 0.05) is 17.6 Å². The fourth-order valence-electron chi connectivity index (χ4n) is 2.60. The van der Waals surface area contributed by atoms with E-state index in [9.17, 15) is 5.11 Å². The van der Waals surface area contributed by atoms with Crippen molar-refractivity contribution in [2.75, 3.05) is 0 Å². The normalized spacial score (nSPS) is 26.0. The molecular weight excluding hydrogens is 269 g/mol. The topological polar surface area (TPSA) is 32.3 Å². The molecule has 0 radical (unpaired) electrons. The fraction of sp³-hybridized carbons (Fsp3) is 0.571. The lowest BCUT2D eigenvalue weighted by atomic mass is 9.93. The summed E-state index contributed by atoms with van der Waals surface area (Å²) in [6, 6.07) is 6.29. The minimum atomic E-state index is -0.556. The zero-order valence-electron chi connectivity index (χ0n) is 10.5. The molecule has 0 amide bonds. The quantitative estimate of drug-likeness (QED) is 0.882. The summed E-state index contributed by atoms with van der Waals surface area (Å²) < 4.78 is 0. The van der Waals surface area contributed by atoms with Crippen LogP contribution in [0, 0.1) is 0 Å². The van der Waals surface area contributed by atoms with Crippen LogP contribution < -0.4 is 5.32 Å². The molecule has 18 heavy (non-hydrogen) atoms. The summed E-state index contributed by atoms with van der Waals surface area (Å²) in [7, 11) is 0. The van der Waals surface area contributed by atoms with Crippen molar-refractivity contribution in [1.82, 2.24) is 5.32 Å². The van der Waals surface area contributed by atoms with E-state index in [0.717, 1.165) is 12.0 Å². The third kappa shape index (κ3) is 3.39. The van der Waals surface area contributed by atoms with Gasteiger partial charge in [0.1, 0.15) is 0 Å². The Morgan fingerprint density at radius 2 is 2.17 bits per heavy atom. The molecule has 0 saturated carbocycles. The van der Waals surface area contributed by atoms with Crippen LogP contribution in [0.4, 0.5) is 0 Å². The predicted molar refractivity (Wildman–Crippen MR) is 76.3 cm³/mol. The van der Waals surface area contributed by atoms with E-state index in [1.807, 2.05) is 12.1 Å². The molecule has 1 aliphatic heterocycles. The molecule has 1 fully saturated rings. The van der Waals surface area contributed by atoms with Crippen molar-refractivity contribution in [3.63, 3.8) is 0 Å². The molecule has 1 heterocycles. The first kappa shape index (κ1) is 14.1. The van der Waals surface area contributed by atoms with Crippen LogP contribution in [0.15, 0.2) is 18.2 Å². The first-order chi connectivity index (χ1) is 8.58. The molecule has 0 spiro atoms. The van der Waals surface area contributed by atoms with E-state index in [2.05, 4.69) is 12.2 Å². The van der Waals surface area contributed by atoms with Crippen molar-refractivity contribution in [2.24, 2.45) is 0 Å². The molecule has 2 nitrogen and oxygen atoms in total. The average molecular weight is 288 g/mol. The minimum Gasteiger partial charge on any atom is -0.388 e. The lowest BCUT2D eigenvalue weighted by molar-refractivity contribution is 0.139. The maximum atomic E-state index is 10.3. The highest BCUT2D eigenvalue weighted by molar-refractivity contribution is 6.42. The second kappa shape index (κ2) is 6.25. The third-order valence-electron chi connectivity index (χ3n) is 3.56. The smallest absolute Gasteiger partial charge is 0.0819 e. The molecule has 4 heteroatoms.